The van der Waals surface area contributed by atoms with Crippen molar-refractivity contribution >= 4 is 46.2 Å². The highest BCUT2D eigenvalue weighted by molar-refractivity contribution is 6.31. The number of methoxy groups -OCH3 is 1. The van der Waals surface area contributed by atoms with Gasteiger partial charge in [0.25, 0.3) is 11.7 Å². The van der Waals surface area contributed by atoms with Crippen LogP contribution in [0.4, 0.5) is 16.4 Å². The average Bonchev–Trinajstić information content (AvgIpc) is 3.22. The number of likely N-dealkylation sites (tertiary alicyclic amines) is 1. The summed E-state index contributed by atoms with van der Waals surface area (Å²) in [7, 11) is 1.61. The van der Waals surface area contributed by atoms with Crippen LogP contribution in [0.15, 0.2) is 24.3 Å². The van der Waals surface area contributed by atoms with Gasteiger partial charge in [-0.3, -0.25) is 4.79 Å². The Balaban J connectivity index is 1.57. The highest BCUT2D eigenvalue weighted by atomic mass is 35.5. The summed E-state index contributed by atoms with van der Waals surface area (Å²) < 4.78 is 9.48. The fraction of sp³-hybridized carbons (Fsp3) is 0.458. The van der Waals surface area contributed by atoms with E-state index in [2.05, 4.69) is 48.8 Å². The first kappa shape index (κ1) is 26.4. The van der Waals surface area contributed by atoms with E-state index in [4.69, 9.17) is 27.8 Å². The zero-order chi connectivity index (χ0) is 26.5. The summed E-state index contributed by atoms with van der Waals surface area (Å²) in [6.45, 7) is 5.24. The van der Waals surface area contributed by atoms with Gasteiger partial charge in [0.1, 0.15) is 12.6 Å². The lowest BCUT2D eigenvalue weighted by molar-refractivity contribution is -0.676. The minimum absolute atomic E-state index is 0.0293. The second-order valence-corrected chi connectivity index (χ2v) is 9.14. The molecule has 1 fully saturated rings. The van der Waals surface area contributed by atoms with E-state index in [9.17, 15) is 9.59 Å². The standard InChI is InChI=1S/C24H32ClN9O3/c1-3-33-16-6-4-5-7-17(16)34(15-8-11-32(12-9-15)24(36)28-10-13-37-2)18(33)14-29-23(35)19-21(26)31-22(27)20(25)30-19/h4-7,15H,3,8-14H2,1-2H3,(H5-,26,27,28,29,31,35,36)/p+1. The van der Waals surface area contributed by atoms with Crippen LogP contribution < -0.4 is 26.7 Å². The van der Waals surface area contributed by atoms with Gasteiger partial charge >= 0.3 is 6.03 Å². The van der Waals surface area contributed by atoms with Gasteiger partial charge in [0.05, 0.1) is 13.2 Å². The number of hydrogen-bond donors (Lipinski definition) is 4. The van der Waals surface area contributed by atoms with Gasteiger partial charge in [-0.15, -0.1) is 0 Å². The molecule has 12 nitrogen and oxygen atoms in total. The van der Waals surface area contributed by atoms with Gasteiger partial charge in [0.2, 0.25) is 0 Å². The number of carbonyl (C=O) groups is 2. The van der Waals surface area contributed by atoms with Crippen molar-refractivity contribution in [3.8, 4) is 0 Å². The van der Waals surface area contributed by atoms with E-state index in [-0.39, 0.29) is 41.1 Å². The third kappa shape index (κ3) is 5.54. The smallest absolute Gasteiger partial charge is 0.317 e. The number of nitrogens with one attached hydrogen (secondary N) is 2. The Hall–Kier alpha value is -3.64. The number of urea groups is 1. The Morgan fingerprint density at radius 3 is 2.59 bits per heavy atom. The lowest BCUT2D eigenvalue weighted by atomic mass is 10.0. The normalized spacial score (nSPS) is 14.2. The molecule has 0 aliphatic carbocycles. The predicted molar refractivity (Wildman–Crippen MR) is 140 cm³/mol. The molecule has 0 radical (unpaired) electrons. The van der Waals surface area contributed by atoms with Gasteiger partial charge in [-0.05, 0) is 19.1 Å². The first-order valence-electron chi connectivity index (χ1n) is 12.3. The summed E-state index contributed by atoms with van der Waals surface area (Å²) in [5.41, 5.74) is 13.6. The van der Waals surface area contributed by atoms with Gasteiger partial charge in [0.15, 0.2) is 33.5 Å². The zero-order valence-corrected chi connectivity index (χ0v) is 21.8. The van der Waals surface area contributed by atoms with E-state index < -0.39 is 5.91 Å². The van der Waals surface area contributed by atoms with E-state index >= 15 is 0 Å². The number of amides is 3. The molecule has 0 bridgehead atoms. The fourth-order valence-corrected chi connectivity index (χ4v) is 4.92. The molecule has 0 atom stereocenters. The monoisotopic (exact) mass is 530 g/mol. The maximum absolute atomic E-state index is 13.0. The van der Waals surface area contributed by atoms with Crippen molar-refractivity contribution in [2.45, 2.75) is 38.9 Å². The molecule has 3 aromatic rings. The number of nitrogen functional groups attached to an aromatic ring is 2. The van der Waals surface area contributed by atoms with Crippen LogP contribution in [0, 0.1) is 0 Å². The number of fused-ring (bicyclic) bond motifs is 1. The number of halogens is 1. The van der Waals surface area contributed by atoms with Gasteiger partial charge in [0, 0.05) is 39.6 Å². The number of ether oxygens (including phenoxy) is 1. The molecule has 3 amide bonds. The number of hydrogen-bond acceptors (Lipinski definition) is 7. The lowest BCUT2D eigenvalue weighted by Crippen LogP contribution is -2.46. The second-order valence-electron chi connectivity index (χ2n) is 8.78. The molecule has 198 valence electrons. The first-order chi connectivity index (χ1) is 17.8. The minimum atomic E-state index is -0.492. The molecular weight excluding hydrogens is 498 g/mol. The van der Waals surface area contributed by atoms with Crippen LogP contribution in [-0.2, 0) is 17.8 Å². The molecule has 1 aliphatic rings. The summed E-state index contributed by atoms with van der Waals surface area (Å²) in [4.78, 5) is 35.2. The van der Waals surface area contributed by atoms with Crippen LogP contribution in [-0.4, -0.2) is 64.7 Å². The van der Waals surface area contributed by atoms with E-state index in [1.165, 1.54) is 0 Å². The SMILES string of the molecule is CC[n+]1c(CNC(=O)c2nc(Cl)c(N)nc2N)n(C2CCN(C(=O)NCCOC)CC2)c2ccccc21. The zero-order valence-electron chi connectivity index (χ0n) is 21.0. The molecule has 0 spiro atoms. The van der Waals surface area contributed by atoms with Crippen LogP contribution in [0.3, 0.4) is 0 Å². The highest BCUT2D eigenvalue weighted by Gasteiger charge is 2.33. The number of nitrogens with two attached hydrogens (primary N) is 2. The second kappa shape index (κ2) is 11.6. The average molecular weight is 531 g/mol. The fourth-order valence-electron chi connectivity index (χ4n) is 4.80. The quantitative estimate of drug-likeness (QED) is 0.254. The predicted octanol–water partition coefficient (Wildman–Crippen LogP) is 1.48. The summed E-state index contributed by atoms with van der Waals surface area (Å²) in [5.74, 6) is 0.333. The molecule has 2 aromatic heterocycles. The molecule has 37 heavy (non-hydrogen) atoms. The Labute approximate surface area is 219 Å². The van der Waals surface area contributed by atoms with Gasteiger partial charge in [-0.25, -0.2) is 23.9 Å². The number of aryl methyl sites for hydroxylation is 1. The molecule has 13 heteroatoms. The van der Waals surface area contributed by atoms with Gasteiger partial charge < -0.3 is 31.7 Å². The molecule has 0 unspecified atom stereocenters. The third-order valence-electron chi connectivity index (χ3n) is 6.56. The molecule has 1 aromatic carbocycles. The Kier molecular flexibility index (Phi) is 8.29. The van der Waals surface area contributed by atoms with Crippen molar-refractivity contribution in [3.05, 3.63) is 40.9 Å². The number of carbonyl (C=O) groups excluding carboxylic acids is 2. The molecule has 0 saturated carbocycles. The number of aromatic nitrogens is 4. The first-order valence-corrected chi connectivity index (χ1v) is 12.6. The number of nitrogens with zero attached hydrogens (tertiary/aromatic N) is 5. The van der Waals surface area contributed by atoms with Crippen LogP contribution in [0.1, 0.15) is 42.1 Å². The number of para-hydroxylation sites is 2. The topological polar surface area (TPSA) is 157 Å². The van der Waals surface area contributed by atoms with Crippen molar-refractivity contribution in [1.82, 2.24) is 30.1 Å². The number of imidazole rings is 1. The molecule has 6 N–H and O–H groups in total. The van der Waals surface area contributed by atoms with Crippen LogP contribution in [0.5, 0.6) is 0 Å². The number of anilines is 2. The minimum Gasteiger partial charge on any atom is -0.383 e. The third-order valence-corrected chi connectivity index (χ3v) is 6.84. The molecular formula is C24H33ClN9O3+. The van der Waals surface area contributed by atoms with Crippen molar-refractivity contribution in [1.29, 1.82) is 0 Å². The molecule has 3 heterocycles. The molecule has 1 saturated heterocycles. The Morgan fingerprint density at radius 1 is 1.16 bits per heavy atom. The Morgan fingerprint density at radius 2 is 1.89 bits per heavy atom. The van der Waals surface area contributed by atoms with E-state index in [1.807, 2.05) is 17.0 Å². The van der Waals surface area contributed by atoms with Crippen molar-refractivity contribution in [2.75, 3.05) is 44.8 Å². The molecule has 1 aliphatic heterocycles. The van der Waals surface area contributed by atoms with Crippen molar-refractivity contribution in [3.63, 3.8) is 0 Å². The van der Waals surface area contributed by atoms with Crippen molar-refractivity contribution < 1.29 is 18.9 Å². The van der Waals surface area contributed by atoms with Crippen LogP contribution in [0.2, 0.25) is 5.15 Å². The molecule has 4 rings (SSSR count). The number of piperidine rings is 1. The summed E-state index contributed by atoms with van der Waals surface area (Å²) in [5, 5.41) is 5.74. The van der Waals surface area contributed by atoms with Crippen LogP contribution in [0.25, 0.3) is 11.0 Å². The maximum Gasteiger partial charge on any atom is 0.317 e. The summed E-state index contributed by atoms with van der Waals surface area (Å²) in [6, 6.07) is 8.24. The number of benzene rings is 1. The van der Waals surface area contributed by atoms with E-state index in [1.54, 1.807) is 7.11 Å². The van der Waals surface area contributed by atoms with Gasteiger partial charge in [-0.2, -0.15) is 0 Å². The number of rotatable bonds is 8. The largest absolute Gasteiger partial charge is 0.383 e. The van der Waals surface area contributed by atoms with E-state index in [0.29, 0.717) is 26.2 Å². The van der Waals surface area contributed by atoms with Crippen LogP contribution >= 0.6 is 11.6 Å². The summed E-state index contributed by atoms with van der Waals surface area (Å²) >= 11 is 5.96. The van der Waals surface area contributed by atoms with Gasteiger partial charge in [-0.1, -0.05) is 23.7 Å². The summed E-state index contributed by atoms with van der Waals surface area (Å²) in [6.07, 6.45) is 1.57. The maximum atomic E-state index is 13.0. The lowest BCUT2D eigenvalue weighted by Gasteiger charge is -2.31. The Bertz CT molecular complexity index is 1290. The van der Waals surface area contributed by atoms with E-state index in [0.717, 1.165) is 36.2 Å². The van der Waals surface area contributed by atoms with Crippen molar-refractivity contribution in [2.24, 2.45) is 0 Å². The highest BCUT2D eigenvalue weighted by Crippen LogP contribution is 2.28.